The van der Waals surface area contributed by atoms with E-state index in [1.54, 1.807) is 12.1 Å². The number of nitrogens with one attached hydrogen (secondary N) is 2. The summed E-state index contributed by atoms with van der Waals surface area (Å²) in [5.41, 5.74) is 3.23. The lowest BCUT2D eigenvalue weighted by molar-refractivity contribution is -0.126. The van der Waals surface area contributed by atoms with E-state index in [0.29, 0.717) is 25.8 Å². The highest BCUT2D eigenvalue weighted by molar-refractivity contribution is 9.10. The molecule has 2 aromatic carbocycles. The standard InChI is InChI=1S/C17H14BrCl2N3O4/c1-27-14-5-9(4-11(18)17(14)26)8-21-23-16(25)7-15(24)22-10-2-3-12(19)13(20)6-10/h2-6,8,26H,7H2,1H3,(H,22,24)(H,23,25)/b21-8+. The van der Waals surface area contributed by atoms with E-state index in [1.807, 2.05) is 0 Å². The lowest BCUT2D eigenvalue weighted by Crippen LogP contribution is -2.24. The average molecular weight is 475 g/mol. The first-order valence-electron chi connectivity index (χ1n) is 7.43. The molecule has 0 aliphatic carbocycles. The Balaban J connectivity index is 1.90. The number of nitrogens with zero attached hydrogens (tertiary/aromatic N) is 1. The van der Waals surface area contributed by atoms with Crippen LogP contribution in [0, 0.1) is 0 Å². The fourth-order valence-electron chi connectivity index (χ4n) is 1.97. The summed E-state index contributed by atoms with van der Waals surface area (Å²) in [4.78, 5) is 23.7. The minimum Gasteiger partial charge on any atom is -0.503 e. The van der Waals surface area contributed by atoms with Crippen molar-refractivity contribution in [1.29, 1.82) is 0 Å². The molecule has 0 aromatic heterocycles. The van der Waals surface area contributed by atoms with Crippen molar-refractivity contribution in [3.63, 3.8) is 0 Å². The Morgan fingerprint density at radius 2 is 1.96 bits per heavy atom. The minimum absolute atomic E-state index is 0.0438. The Labute approximate surface area is 173 Å². The molecule has 0 spiro atoms. The van der Waals surface area contributed by atoms with Gasteiger partial charge in [0.15, 0.2) is 11.5 Å². The summed E-state index contributed by atoms with van der Waals surface area (Å²) in [6.07, 6.45) is 0.918. The number of carbonyl (C=O) groups is 2. The van der Waals surface area contributed by atoms with Crippen molar-refractivity contribution < 1.29 is 19.4 Å². The number of methoxy groups -OCH3 is 1. The largest absolute Gasteiger partial charge is 0.503 e. The molecule has 0 fully saturated rings. The zero-order valence-corrected chi connectivity index (χ0v) is 17.0. The summed E-state index contributed by atoms with van der Waals surface area (Å²) >= 11 is 14.8. The molecular formula is C17H14BrCl2N3O4. The molecule has 142 valence electrons. The molecule has 3 N–H and O–H groups in total. The average Bonchev–Trinajstić information content (AvgIpc) is 2.60. The van der Waals surface area contributed by atoms with Crippen LogP contribution in [0.2, 0.25) is 10.0 Å². The van der Waals surface area contributed by atoms with E-state index >= 15 is 0 Å². The Morgan fingerprint density at radius 1 is 1.22 bits per heavy atom. The van der Waals surface area contributed by atoms with Crippen molar-refractivity contribution in [2.24, 2.45) is 5.10 Å². The summed E-state index contributed by atoms with van der Waals surface area (Å²) < 4.78 is 5.43. The molecule has 27 heavy (non-hydrogen) atoms. The Kier molecular flexibility index (Phi) is 7.46. The van der Waals surface area contributed by atoms with E-state index in [2.05, 4.69) is 31.8 Å². The van der Waals surface area contributed by atoms with Gasteiger partial charge in [-0.25, -0.2) is 5.43 Å². The van der Waals surface area contributed by atoms with Gasteiger partial charge in [-0.2, -0.15) is 5.10 Å². The molecule has 0 atom stereocenters. The normalized spacial score (nSPS) is 10.7. The molecule has 0 saturated carbocycles. The van der Waals surface area contributed by atoms with Gasteiger partial charge in [-0.3, -0.25) is 9.59 Å². The SMILES string of the molecule is COc1cc(/C=N/NC(=O)CC(=O)Nc2ccc(Cl)c(Cl)c2)cc(Br)c1O. The van der Waals surface area contributed by atoms with E-state index in [1.165, 1.54) is 31.5 Å². The molecular weight excluding hydrogens is 461 g/mol. The number of benzene rings is 2. The molecule has 7 nitrogen and oxygen atoms in total. The second-order valence-electron chi connectivity index (χ2n) is 5.20. The molecule has 0 heterocycles. The van der Waals surface area contributed by atoms with Crippen molar-refractivity contribution in [3.8, 4) is 11.5 Å². The summed E-state index contributed by atoms with van der Waals surface area (Å²) in [5, 5.41) is 16.7. The van der Waals surface area contributed by atoms with Gasteiger partial charge in [-0.15, -0.1) is 0 Å². The Bertz CT molecular complexity index is 906. The summed E-state index contributed by atoms with van der Waals surface area (Å²) in [6, 6.07) is 7.71. The number of ether oxygens (including phenoxy) is 1. The first-order valence-corrected chi connectivity index (χ1v) is 8.98. The summed E-state index contributed by atoms with van der Waals surface area (Å²) in [7, 11) is 1.41. The van der Waals surface area contributed by atoms with Crippen molar-refractivity contribution in [1.82, 2.24) is 5.43 Å². The van der Waals surface area contributed by atoms with Crippen LogP contribution in [-0.4, -0.2) is 30.2 Å². The van der Waals surface area contributed by atoms with Crippen LogP contribution in [0.1, 0.15) is 12.0 Å². The fraction of sp³-hybridized carbons (Fsp3) is 0.118. The van der Waals surface area contributed by atoms with Gasteiger partial charge in [0, 0.05) is 5.69 Å². The van der Waals surface area contributed by atoms with Gasteiger partial charge in [0.1, 0.15) is 6.42 Å². The van der Waals surface area contributed by atoms with Crippen molar-refractivity contribution in [2.75, 3.05) is 12.4 Å². The number of phenols is 1. The second kappa shape index (κ2) is 9.59. The number of hydrogen-bond acceptors (Lipinski definition) is 5. The maximum absolute atomic E-state index is 11.9. The number of hydrogen-bond donors (Lipinski definition) is 3. The van der Waals surface area contributed by atoms with Crippen LogP contribution in [0.3, 0.4) is 0 Å². The maximum atomic E-state index is 11.9. The molecule has 0 radical (unpaired) electrons. The molecule has 0 bridgehead atoms. The molecule has 10 heteroatoms. The Hall–Kier alpha value is -2.29. The van der Waals surface area contributed by atoms with Crippen LogP contribution in [0.15, 0.2) is 39.9 Å². The number of hydrazone groups is 1. The zero-order chi connectivity index (χ0) is 20.0. The third kappa shape index (κ3) is 6.13. The van der Waals surface area contributed by atoms with Crippen molar-refractivity contribution in [2.45, 2.75) is 6.42 Å². The number of amides is 2. The van der Waals surface area contributed by atoms with Crippen LogP contribution in [-0.2, 0) is 9.59 Å². The smallest absolute Gasteiger partial charge is 0.249 e. The van der Waals surface area contributed by atoms with Crippen molar-refractivity contribution >= 4 is 62.8 Å². The lowest BCUT2D eigenvalue weighted by Gasteiger charge is -2.07. The molecule has 0 aliphatic heterocycles. The highest BCUT2D eigenvalue weighted by Crippen LogP contribution is 2.34. The molecule has 0 unspecified atom stereocenters. The molecule has 2 rings (SSSR count). The number of phenolic OH excluding ortho intramolecular Hbond substituents is 1. The number of rotatable bonds is 6. The maximum Gasteiger partial charge on any atom is 0.249 e. The third-order valence-corrected chi connectivity index (χ3v) is 4.54. The fourth-order valence-corrected chi connectivity index (χ4v) is 2.72. The lowest BCUT2D eigenvalue weighted by atomic mass is 10.2. The number of halogens is 3. The predicted octanol–water partition coefficient (Wildman–Crippen LogP) is 3.95. The molecule has 2 aromatic rings. The third-order valence-electron chi connectivity index (χ3n) is 3.20. The topological polar surface area (TPSA) is 100 Å². The Morgan fingerprint density at radius 3 is 2.63 bits per heavy atom. The van der Waals surface area contributed by atoms with Gasteiger partial charge in [0.05, 0.1) is 27.8 Å². The van der Waals surface area contributed by atoms with E-state index in [9.17, 15) is 14.7 Å². The monoisotopic (exact) mass is 473 g/mol. The van der Waals surface area contributed by atoms with E-state index < -0.39 is 18.2 Å². The predicted molar refractivity (Wildman–Crippen MR) is 108 cm³/mol. The van der Waals surface area contributed by atoms with Crippen molar-refractivity contribution in [3.05, 3.63) is 50.4 Å². The van der Waals surface area contributed by atoms with Gasteiger partial charge >= 0.3 is 0 Å². The number of anilines is 1. The summed E-state index contributed by atoms with van der Waals surface area (Å²) in [5.74, 6) is -0.931. The van der Waals surface area contributed by atoms with Gasteiger partial charge in [0.2, 0.25) is 11.8 Å². The van der Waals surface area contributed by atoms with E-state index in [-0.39, 0.29) is 11.5 Å². The molecule has 0 aliphatic rings. The van der Waals surface area contributed by atoms with Crippen LogP contribution in [0.25, 0.3) is 0 Å². The van der Waals surface area contributed by atoms with Crippen LogP contribution >= 0.6 is 39.1 Å². The number of carbonyl (C=O) groups excluding carboxylic acids is 2. The highest BCUT2D eigenvalue weighted by atomic mass is 79.9. The number of aromatic hydroxyl groups is 1. The van der Waals surface area contributed by atoms with Crippen LogP contribution < -0.4 is 15.5 Å². The van der Waals surface area contributed by atoms with Crippen LogP contribution in [0.5, 0.6) is 11.5 Å². The van der Waals surface area contributed by atoms with Crippen LogP contribution in [0.4, 0.5) is 5.69 Å². The quantitative estimate of drug-likeness (QED) is 0.335. The summed E-state index contributed by atoms with van der Waals surface area (Å²) in [6.45, 7) is 0. The first kappa shape index (κ1) is 21.0. The van der Waals surface area contributed by atoms with Gasteiger partial charge in [0.25, 0.3) is 0 Å². The highest BCUT2D eigenvalue weighted by Gasteiger charge is 2.10. The van der Waals surface area contributed by atoms with E-state index in [0.717, 1.165) is 0 Å². The minimum atomic E-state index is -0.603. The van der Waals surface area contributed by atoms with Gasteiger partial charge < -0.3 is 15.2 Å². The second-order valence-corrected chi connectivity index (χ2v) is 6.87. The first-order chi connectivity index (χ1) is 12.8. The van der Waals surface area contributed by atoms with Gasteiger partial charge in [-0.1, -0.05) is 23.2 Å². The molecule has 0 saturated heterocycles. The van der Waals surface area contributed by atoms with Gasteiger partial charge in [-0.05, 0) is 51.8 Å². The zero-order valence-electron chi connectivity index (χ0n) is 13.9. The molecule has 2 amide bonds. The van der Waals surface area contributed by atoms with E-state index in [4.69, 9.17) is 27.9 Å².